The van der Waals surface area contributed by atoms with Crippen molar-refractivity contribution in [3.63, 3.8) is 0 Å². The van der Waals surface area contributed by atoms with Crippen molar-refractivity contribution in [2.75, 3.05) is 0 Å². The number of carbonyl (C=O) groups is 3. The van der Waals surface area contributed by atoms with E-state index >= 15 is 0 Å². The average Bonchev–Trinajstić information content (AvgIpc) is 2.34. The molecule has 98 valence electrons. The molecule has 0 radical (unpaired) electrons. The van der Waals surface area contributed by atoms with E-state index in [1.807, 2.05) is 13.8 Å². The van der Waals surface area contributed by atoms with Crippen LogP contribution in [0.15, 0.2) is 24.2 Å². The molecular formula is C13H13N3O3. The Balaban J connectivity index is 2.23. The predicted octanol–water partition coefficient (Wildman–Crippen LogP) is 0.902. The molecule has 19 heavy (non-hydrogen) atoms. The average molecular weight is 259 g/mol. The van der Waals surface area contributed by atoms with Crippen LogP contribution in [0.4, 0.5) is 0 Å². The summed E-state index contributed by atoms with van der Waals surface area (Å²) in [5.74, 6) is -1.04. The van der Waals surface area contributed by atoms with Crippen molar-refractivity contribution >= 4 is 17.5 Å². The number of carbonyl (C=O) groups excluding carboxylic acids is 3. The van der Waals surface area contributed by atoms with Gasteiger partial charge in [0.05, 0.1) is 5.70 Å². The lowest BCUT2D eigenvalue weighted by Crippen LogP contribution is -2.32. The van der Waals surface area contributed by atoms with Crippen molar-refractivity contribution in [2.24, 2.45) is 5.92 Å². The topological polar surface area (TPSA) is 89.0 Å². The fourth-order valence-electron chi connectivity index (χ4n) is 1.74. The second-order valence-corrected chi connectivity index (χ2v) is 4.65. The number of fused-ring (bicyclic) bond motifs is 1. The molecule has 1 heterocycles. The molecule has 1 aliphatic rings. The van der Waals surface area contributed by atoms with E-state index in [4.69, 9.17) is 0 Å². The molecule has 0 bridgehead atoms. The summed E-state index contributed by atoms with van der Waals surface area (Å²) < 4.78 is 0. The summed E-state index contributed by atoms with van der Waals surface area (Å²) in [7, 11) is 0. The van der Waals surface area contributed by atoms with Gasteiger partial charge in [0.15, 0.2) is 0 Å². The zero-order valence-electron chi connectivity index (χ0n) is 10.6. The smallest absolute Gasteiger partial charge is 0.230 e. The van der Waals surface area contributed by atoms with Gasteiger partial charge in [0, 0.05) is 24.9 Å². The molecule has 1 aliphatic carbocycles. The standard InChI is InChI=1S/C13H13N3O3/c1-7(2)5-10(18)16-8-6-9(17)11-12(13(8)19)15-4-3-14-11/h3-4,6-7H,5H2,1-2H3,(H,16,18). The van der Waals surface area contributed by atoms with Gasteiger partial charge < -0.3 is 5.32 Å². The number of nitrogens with zero attached hydrogens (tertiary/aromatic N) is 2. The van der Waals surface area contributed by atoms with E-state index in [-0.39, 0.29) is 35.3 Å². The van der Waals surface area contributed by atoms with Gasteiger partial charge in [-0.05, 0) is 5.92 Å². The highest BCUT2D eigenvalue weighted by Gasteiger charge is 2.28. The fraction of sp³-hybridized carbons (Fsp3) is 0.308. The van der Waals surface area contributed by atoms with Gasteiger partial charge in [-0.25, -0.2) is 9.97 Å². The number of hydrogen-bond acceptors (Lipinski definition) is 5. The lowest BCUT2D eigenvalue weighted by molar-refractivity contribution is -0.121. The molecule has 1 aromatic rings. The Morgan fingerprint density at radius 2 is 1.84 bits per heavy atom. The van der Waals surface area contributed by atoms with Gasteiger partial charge in [-0.1, -0.05) is 13.8 Å². The zero-order chi connectivity index (χ0) is 14.0. The Kier molecular flexibility index (Phi) is 3.50. The Bertz CT molecular complexity index is 591. The summed E-state index contributed by atoms with van der Waals surface area (Å²) in [6, 6.07) is 0. The minimum atomic E-state index is -0.486. The molecule has 0 saturated heterocycles. The fourth-order valence-corrected chi connectivity index (χ4v) is 1.74. The van der Waals surface area contributed by atoms with Gasteiger partial charge in [-0.3, -0.25) is 14.4 Å². The van der Waals surface area contributed by atoms with Crippen molar-refractivity contribution in [1.29, 1.82) is 0 Å². The van der Waals surface area contributed by atoms with Gasteiger partial charge in [0.2, 0.25) is 17.5 Å². The monoisotopic (exact) mass is 259 g/mol. The van der Waals surface area contributed by atoms with Crippen LogP contribution in [-0.4, -0.2) is 27.4 Å². The number of Topliss-reactive ketones (excluding diaryl/α,β-unsaturated/α-hetero) is 1. The predicted molar refractivity (Wildman–Crippen MR) is 66.4 cm³/mol. The second kappa shape index (κ2) is 5.09. The molecule has 0 spiro atoms. The normalized spacial score (nSPS) is 14.2. The number of amides is 1. The van der Waals surface area contributed by atoms with E-state index in [1.54, 1.807) is 0 Å². The van der Waals surface area contributed by atoms with Gasteiger partial charge in [-0.15, -0.1) is 0 Å². The Morgan fingerprint density at radius 3 is 2.47 bits per heavy atom. The maximum Gasteiger partial charge on any atom is 0.230 e. The molecule has 1 amide bonds. The van der Waals surface area contributed by atoms with E-state index in [1.165, 1.54) is 12.4 Å². The molecule has 1 N–H and O–H groups in total. The van der Waals surface area contributed by atoms with Crippen LogP contribution in [0, 0.1) is 5.92 Å². The van der Waals surface area contributed by atoms with Gasteiger partial charge >= 0.3 is 0 Å². The van der Waals surface area contributed by atoms with Gasteiger partial charge in [-0.2, -0.15) is 0 Å². The summed E-state index contributed by atoms with van der Waals surface area (Å²) in [5, 5.41) is 2.46. The van der Waals surface area contributed by atoms with Gasteiger partial charge in [0.1, 0.15) is 11.4 Å². The van der Waals surface area contributed by atoms with Crippen LogP contribution < -0.4 is 5.32 Å². The lowest BCUT2D eigenvalue weighted by Gasteiger charge is -2.14. The van der Waals surface area contributed by atoms with Crippen LogP contribution in [0.5, 0.6) is 0 Å². The van der Waals surface area contributed by atoms with E-state index in [0.29, 0.717) is 0 Å². The van der Waals surface area contributed by atoms with Crippen molar-refractivity contribution in [3.05, 3.63) is 35.6 Å². The summed E-state index contributed by atoms with van der Waals surface area (Å²) in [6.07, 6.45) is 4.06. The zero-order valence-corrected chi connectivity index (χ0v) is 10.6. The number of allylic oxidation sites excluding steroid dienone is 2. The number of hydrogen-bond donors (Lipinski definition) is 1. The Labute approximate surface area is 109 Å². The van der Waals surface area contributed by atoms with Crippen molar-refractivity contribution in [2.45, 2.75) is 20.3 Å². The molecule has 0 aromatic carbocycles. The molecule has 0 atom stereocenters. The minimum absolute atomic E-state index is 0.0187. The Hall–Kier alpha value is -2.37. The first-order valence-electron chi connectivity index (χ1n) is 5.90. The highest BCUT2D eigenvalue weighted by Crippen LogP contribution is 2.15. The molecule has 0 saturated carbocycles. The molecule has 1 aromatic heterocycles. The van der Waals surface area contributed by atoms with Crippen LogP contribution in [0.1, 0.15) is 41.2 Å². The third kappa shape index (κ3) is 2.73. The lowest BCUT2D eigenvalue weighted by atomic mass is 10.0. The van der Waals surface area contributed by atoms with Crippen molar-refractivity contribution < 1.29 is 14.4 Å². The van der Waals surface area contributed by atoms with Crippen LogP contribution in [-0.2, 0) is 4.79 Å². The molecule has 6 heteroatoms. The van der Waals surface area contributed by atoms with E-state index in [2.05, 4.69) is 15.3 Å². The maximum atomic E-state index is 12.0. The summed E-state index contributed by atoms with van der Waals surface area (Å²) in [4.78, 5) is 43.1. The molecule has 6 nitrogen and oxygen atoms in total. The molecular weight excluding hydrogens is 246 g/mol. The molecule has 0 unspecified atom stereocenters. The largest absolute Gasteiger partial charge is 0.323 e. The van der Waals surface area contributed by atoms with Crippen molar-refractivity contribution in [3.8, 4) is 0 Å². The molecule has 2 rings (SSSR count). The number of nitrogens with one attached hydrogen (secondary N) is 1. The van der Waals surface area contributed by atoms with E-state index < -0.39 is 11.6 Å². The maximum absolute atomic E-state index is 12.0. The minimum Gasteiger partial charge on any atom is -0.323 e. The van der Waals surface area contributed by atoms with Crippen molar-refractivity contribution in [1.82, 2.24) is 15.3 Å². The molecule has 0 aliphatic heterocycles. The van der Waals surface area contributed by atoms with Crippen LogP contribution in [0.3, 0.4) is 0 Å². The van der Waals surface area contributed by atoms with Crippen LogP contribution in [0.2, 0.25) is 0 Å². The molecule has 0 fully saturated rings. The Morgan fingerprint density at radius 1 is 1.21 bits per heavy atom. The highest BCUT2D eigenvalue weighted by molar-refractivity contribution is 6.23. The summed E-state index contributed by atoms with van der Waals surface area (Å²) in [6.45, 7) is 3.78. The third-order valence-corrected chi connectivity index (χ3v) is 2.53. The highest BCUT2D eigenvalue weighted by atomic mass is 16.2. The third-order valence-electron chi connectivity index (χ3n) is 2.53. The van der Waals surface area contributed by atoms with E-state index in [9.17, 15) is 14.4 Å². The quantitative estimate of drug-likeness (QED) is 0.871. The SMILES string of the molecule is CC(C)CC(=O)NC1=CC(=O)c2nccnc2C1=O. The first kappa shape index (κ1) is 13.1. The summed E-state index contributed by atoms with van der Waals surface area (Å²) >= 11 is 0. The first-order chi connectivity index (χ1) is 8.99. The van der Waals surface area contributed by atoms with E-state index in [0.717, 1.165) is 6.08 Å². The number of aromatic nitrogens is 2. The summed E-state index contributed by atoms with van der Waals surface area (Å²) in [5.41, 5.74) is -0.0344. The number of ketones is 2. The van der Waals surface area contributed by atoms with Crippen LogP contribution in [0.25, 0.3) is 0 Å². The van der Waals surface area contributed by atoms with Gasteiger partial charge in [0.25, 0.3) is 0 Å². The number of rotatable bonds is 3. The second-order valence-electron chi connectivity index (χ2n) is 4.65. The van der Waals surface area contributed by atoms with Crippen LogP contribution >= 0.6 is 0 Å². The first-order valence-corrected chi connectivity index (χ1v) is 5.90.